The Morgan fingerprint density at radius 3 is 2.38 bits per heavy atom. The molecule has 1 heterocycles. The molecule has 0 spiro atoms. The number of urea groups is 1. The molecule has 1 saturated heterocycles. The molecule has 0 radical (unpaired) electrons. The predicted octanol–water partition coefficient (Wildman–Crippen LogP) is 3.08. The summed E-state index contributed by atoms with van der Waals surface area (Å²) >= 11 is 5.29. The fourth-order valence-corrected chi connectivity index (χ4v) is 3.77. The van der Waals surface area contributed by atoms with Crippen LogP contribution in [-0.2, 0) is 17.8 Å². The molecule has 10 heteroatoms. The molecular weight excluding hydrogens is 438 g/mol. The lowest BCUT2D eigenvalue weighted by molar-refractivity contribution is -0.121. The van der Waals surface area contributed by atoms with Crippen LogP contribution < -0.4 is 21.1 Å². The third-order valence-corrected chi connectivity index (χ3v) is 5.48. The highest BCUT2D eigenvalue weighted by molar-refractivity contribution is 7.80. The lowest BCUT2D eigenvalue weighted by Gasteiger charge is -2.24. The first-order valence-electron chi connectivity index (χ1n) is 9.90. The van der Waals surface area contributed by atoms with Crippen LogP contribution in [0.2, 0.25) is 0 Å². The molecule has 0 aromatic heterocycles. The van der Waals surface area contributed by atoms with Crippen molar-refractivity contribution >= 4 is 34.8 Å². The van der Waals surface area contributed by atoms with Crippen molar-refractivity contribution < 1.29 is 23.1 Å². The molecule has 0 unspecified atom stereocenters. The summed E-state index contributed by atoms with van der Waals surface area (Å²) in [5, 5.41) is 5.48. The summed E-state index contributed by atoms with van der Waals surface area (Å²) in [6.07, 6.45) is -0.421. The molecule has 3 amide bonds. The molecule has 1 aliphatic heterocycles. The van der Waals surface area contributed by atoms with Crippen molar-refractivity contribution in [2.75, 3.05) is 19.0 Å². The van der Waals surface area contributed by atoms with Crippen molar-refractivity contribution in [2.45, 2.75) is 31.4 Å². The fraction of sp³-hybridized carbons (Fsp3) is 0.318. The molecule has 1 atom stereocenters. The predicted molar refractivity (Wildman–Crippen MR) is 121 cm³/mol. The van der Waals surface area contributed by atoms with E-state index in [0.717, 1.165) is 16.9 Å². The van der Waals surface area contributed by atoms with E-state index in [9.17, 15) is 18.4 Å². The Bertz CT molecular complexity index is 984. The number of benzene rings is 2. The summed E-state index contributed by atoms with van der Waals surface area (Å²) in [6, 6.07) is 12.7. The number of nitrogens with one attached hydrogen (secondary N) is 2. The van der Waals surface area contributed by atoms with Gasteiger partial charge >= 0.3 is 6.03 Å². The first-order valence-corrected chi connectivity index (χ1v) is 10.3. The van der Waals surface area contributed by atoms with Crippen LogP contribution in [0.25, 0.3) is 0 Å². The second-order valence-corrected chi connectivity index (χ2v) is 8.00. The lowest BCUT2D eigenvalue weighted by atomic mass is 10.1. The molecule has 1 aliphatic rings. The number of thiocarbonyl (C=S) groups is 1. The fourth-order valence-electron chi connectivity index (χ4n) is 3.42. The van der Waals surface area contributed by atoms with E-state index in [2.05, 4.69) is 10.6 Å². The van der Waals surface area contributed by atoms with E-state index in [1.165, 1.54) is 4.90 Å². The number of methoxy groups -OCH3 is 1. The maximum absolute atomic E-state index is 13.7. The highest BCUT2D eigenvalue weighted by Crippen LogP contribution is 2.32. The van der Waals surface area contributed by atoms with Gasteiger partial charge in [0.15, 0.2) is 0 Å². The number of anilines is 1. The van der Waals surface area contributed by atoms with Gasteiger partial charge in [0.25, 0.3) is 5.92 Å². The molecule has 0 bridgehead atoms. The normalized spacial score (nSPS) is 17.0. The number of carbonyl (C=O) groups excluding carboxylic acids is 2. The molecule has 0 saturated carbocycles. The van der Waals surface area contributed by atoms with Crippen LogP contribution in [0.1, 0.15) is 17.5 Å². The number of nitrogens with zero attached hydrogens (tertiary/aromatic N) is 1. The van der Waals surface area contributed by atoms with Crippen LogP contribution >= 0.6 is 12.2 Å². The molecule has 0 aliphatic carbocycles. The SMILES string of the molecule is COc1ccc(CNC(=O)Nc2ccc(CC(=S)N3CC(F)(F)C[C@@H]3C(N)=O)cc2)cc1. The highest BCUT2D eigenvalue weighted by Gasteiger charge is 2.48. The number of hydrogen-bond donors (Lipinski definition) is 3. The van der Waals surface area contributed by atoms with Crippen LogP contribution in [-0.4, -0.2) is 47.4 Å². The summed E-state index contributed by atoms with van der Waals surface area (Å²) in [6.45, 7) is -0.267. The molecule has 7 nitrogen and oxygen atoms in total. The molecule has 2 aromatic rings. The molecule has 2 aromatic carbocycles. The lowest BCUT2D eigenvalue weighted by Crippen LogP contribution is -2.43. The maximum atomic E-state index is 13.7. The number of primary amides is 1. The van der Waals surface area contributed by atoms with Gasteiger partial charge in [-0.3, -0.25) is 4.79 Å². The summed E-state index contributed by atoms with van der Waals surface area (Å²) in [5.41, 5.74) is 7.50. The Balaban J connectivity index is 1.51. The largest absolute Gasteiger partial charge is 0.497 e. The van der Waals surface area contributed by atoms with Gasteiger partial charge in [-0.05, 0) is 35.4 Å². The number of hydrogen-bond acceptors (Lipinski definition) is 4. The van der Waals surface area contributed by atoms with Crippen molar-refractivity contribution in [1.82, 2.24) is 10.2 Å². The second kappa shape index (κ2) is 9.90. The van der Waals surface area contributed by atoms with E-state index in [-0.39, 0.29) is 17.4 Å². The Hall–Kier alpha value is -3.27. The molecule has 4 N–H and O–H groups in total. The zero-order valence-corrected chi connectivity index (χ0v) is 18.3. The minimum absolute atomic E-state index is 0.207. The Kier molecular flexibility index (Phi) is 7.24. The Morgan fingerprint density at radius 2 is 1.78 bits per heavy atom. The highest BCUT2D eigenvalue weighted by atomic mass is 32.1. The van der Waals surface area contributed by atoms with E-state index in [1.807, 2.05) is 24.3 Å². The van der Waals surface area contributed by atoms with Gasteiger partial charge in [-0.25, -0.2) is 13.6 Å². The second-order valence-electron chi connectivity index (χ2n) is 7.53. The standard InChI is InChI=1S/C22H24F2N4O3S/c1-31-17-8-4-15(5-9-17)12-26-21(30)27-16-6-2-14(3-7-16)10-19(32)28-13-22(23,24)11-18(28)20(25)29/h2-9,18H,10-13H2,1H3,(H2,25,29)(H2,26,27,30)/t18-/m1/s1. The van der Waals surface area contributed by atoms with E-state index >= 15 is 0 Å². The molecule has 1 fully saturated rings. The van der Waals surface area contributed by atoms with Gasteiger partial charge in [0.2, 0.25) is 5.91 Å². The van der Waals surface area contributed by atoms with Crippen LogP contribution in [0.4, 0.5) is 19.3 Å². The van der Waals surface area contributed by atoms with E-state index in [4.69, 9.17) is 22.7 Å². The van der Waals surface area contributed by atoms with Gasteiger partial charge in [-0.1, -0.05) is 36.5 Å². The molecular formula is C22H24F2N4O3S. The van der Waals surface area contributed by atoms with Crippen molar-refractivity contribution in [3.05, 3.63) is 59.7 Å². The topological polar surface area (TPSA) is 96.7 Å². The quantitative estimate of drug-likeness (QED) is 0.550. The number of rotatable bonds is 7. The number of alkyl halides is 2. The minimum Gasteiger partial charge on any atom is -0.497 e. The number of halogens is 2. The van der Waals surface area contributed by atoms with Gasteiger partial charge in [0.05, 0.1) is 18.6 Å². The van der Waals surface area contributed by atoms with E-state index in [1.54, 1.807) is 31.4 Å². The first-order chi connectivity index (χ1) is 15.2. The first kappa shape index (κ1) is 23.4. The Labute approximate surface area is 189 Å². The minimum atomic E-state index is -3.00. The van der Waals surface area contributed by atoms with E-state index in [0.29, 0.717) is 12.2 Å². The molecule has 32 heavy (non-hydrogen) atoms. The summed E-state index contributed by atoms with van der Waals surface area (Å²) in [4.78, 5) is 25.1. The maximum Gasteiger partial charge on any atom is 0.319 e. The van der Waals surface area contributed by atoms with E-state index < -0.39 is 30.8 Å². The number of likely N-dealkylation sites (tertiary alicyclic amines) is 1. The number of amides is 3. The summed E-state index contributed by atoms with van der Waals surface area (Å²) in [5.74, 6) is -3.08. The van der Waals surface area contributed by atoms with Crippen molar-refractivity contribution in [3.8, 4) is 5.75 Å². The van der Waals surface area contributed by atoms with Crippen LogP contribution in [0, 0.1) is 0 Å². The third kappa shape index (κ3) is 6.13. The van der Waals surface area contributed by atoms with Gasteiger partial charge in [-0.15, -0.1) is 0 Å². The van der Waals surface area contributed by atoms with Crippen LogP contribution in [0.5, 0.6) is 5.75 Å². The van der Waals surface area contributed by atoms with Crippen molar-refractivity contribution in [3.63, 3.8) is 0 Å². The third-order valence-electron chi connectivity index (χ3n) is 5.10. The number of ether oxygens (including phenoxy) is 1. The van der Waals surface area contributed by atoms with Gasteiger partial charge in [0.1, 0.15) is 11.8 Å². The zero-order chi connectivity index (χ0) is 23.3. The van der Waals surface area contributed by atoms with Crippen molar-refractivity contribution in [2.24, 2.45) is 5.73 Å². The van der Waals surface area contributed by atoms with Gasteiger partial charge in [-0.2, -0.15) is 0 Å². The summed E-state index contributed by atoms with van der Waals surface area (Å²) < 4.78 is 32.5. The van der Waals surface area contributed by atoms with Crippen molar-refractivity contribution in [1.29, 1.82) is 0 Å². The van der Waals surface area contributed by atoms with Gasteiger partial charge in [0, 0.05) is 25.1 Å². The average molecular weight is 463 g/mol. The average Bonchev–Trinajstić information content (AvgIpc) is 3.10. The van der Waals surface area contributed by atoms with Gasteiger partial charge < -0.3 is 26.0 Å². The summed E-state index contributed by atoms with van der Waals surface area (Å²) in [7, 11) is 1.59. The number of nitrogens with two attached hydrogens (primary N) is 1. The van der Waals surface area contributed by atoms with Crippen LogP contribution in [0.3, 0.4) is 0 Å². The smallest absolute Gasteiger partial charge is 0.319 e. The molecule has 3 rings (SSSR count). The Morgan fingerprint density at radius 1 is 1.16 bits per heavy atom. The van der Waals surface area contributed by atoms with Crippen LogP contribution in [0.15, 0.2) is 48.5 Å². The number of carbonyl (C=O) groups is 2. The molecule has 170 valence electrons. The monoisotopic (exact) mass is 462 g/mol. The zero-order valence-electron chi connectivity index (χ0n) is 17.4.